The fraction of sp³-hybridized carbons (Fsp3) is 0.800. The first kappa shape index (κ1) is 12.5. The zero-order chi connectivity index (χ0) is 11.3. The molecule has 0 unspecified atom stereocenters. The summed E-state index contributed by atoms with van der Waals surface area (Å²) in [6.45, 7) is 5.76. The van der Waals surface area contributed by atoms with Crippen molar-refractivity contribution in [2.24, 2.45) is 5.92 Å². The number of rotatable bonds is 6. The third-order valence-corrected chi connectivity index (χ3v) is 2.37. The molecule has 1 aromatic heterocycles. The Hall–Kier alpha value is -0.610. The van der Waals surface area contributed by atoms with E-state index in [0.717, 1.165) is 24.6 Å². The summed E-state index contributed by atoms with van der Waals surface area (Å²) in [7, 11) is 1.69. The SMILES string of the molecule is COCCn1c(CCl)nnc1CC(C)C. The molecule has 0 amide bonds. The topological polar surface area (TPSA) is 39.9 Å². The second kappa shape index (κ2) is 6.08. The molecular formula is C10H18ClN3O. The van der Waals surface area contributed by atoms with Gasteiger partial charge in [-0.1, -0.05) is 13.8 Å². The highest BCUT2D eigenvalue weighted by molar-refractivity contribution is 6.16. The van der Waals surface area contributed by atoms with E-state index >= 15 is 0 Å². The van der Waals surface area contributed by atoms with E-state index in [4.69, 9.17) is 16.3 Å². The molecule has 1 heterocycles. The first-order chi connectivity index (χ1) is 7.19. The first-order valence-corrected chi connectivity index (χ1v) is 5.68. The molecule has 0 aromatic carbocycles. The molecule has 15 heavy (non-hydrogen) atoms. The Labute approximate surface area is 95.6 Å². The molecule has 0 bridgehead atoms. The third-order valence-electron chi connectivity index (χ3n) is 2.13. The van der Waals surface area contributed by atoms with Gasteiger partial charge >= 0.3 is 0 Å². The first-order valence-electron chi connectivity index (χ1n) is 5.14. The molecule has 0 aliphatic carbocycles. The molecule has 0 fully saturated rings. The summed E-state index contributed by atoms with van der Waals surface area (Å²) in [6, 6.07) is 0. The molecule has 5 heteroatoms. The van der Waals surface area contributed by atoms with Crippen LogP contribution in [-0.2, 0) is 23.6 Å². The van der Waals surface area contributed by atoms with E-state index in [0.29, 0.717) is 18.4 Å². The fourth-order valence-electron chi connectivity index (χ4n) is 1.43. The van der Waals surface area contributed by atoms with E-state index in [2.05, 4.69) is 28.6 Å². The Morgan fingerprint density at radius 2 is 2.00 bits per heavy atom. The predicted octanol–water partition coefficient (Wildman–Crippen LogP) is 1.86. The van der Waals surface area contributed by atoms with Gasteiger partial charge in [0.15, 0.2) is 0 Å². The zero-order valence-electron chi connectivity index (χ0n) is 9.53. The number of hydrogen-bond donors (Lipinski definition) is 0. The second-order valence-electron chi connectivity index (χ2n) is 3.91. The minimum atomic E-state index is 0.398. The van der Waals surface area contributed by atoms with Crippen LogP contribution >= 0.6 is 11.6 Å². The summed E-state index contributed by atoms with van der Waals surface area (Å²) in [6.07, 6.45) is 0.924. The van der Waals surface area contributed by atoms with Crippen LogP contribution in [0.25, 0.3) is 0 Å². The summed E-state index contributed by atoms with van der Waals surface area (Å²) >= 11 is 5.80. The van der Waals surface area contributed by atoms with Gasteiger partial charge in [0.05, 0.1) is 12.5 Å². The lowest BCUT2D eigenvalue weighted by molar-refractivity contribution is 0.185. The van der Waals surface area contributed by atoms with Gasteiger partial charge in [0.2, 0.25) is 0 Å². The van der Waals surface area contributed by atoms with Crippen molar-refractivity contribution in [1.82, 2.24) is 14.8 Å². The van der Waals surface area contributed by atoms with E-state index in [9.17, 15) is 0 Å². The van der Waals surface area contributed by atoms with Gasteiger partial charge in [-0.25, -0.2) is 0 Å². The summed E-state index contributed by atoms with van der Waals surface area (Å²) in [5.74, 6) is 2.79. The predicted molar refractivity (Wildman–Crippen MR) is 60.0 cm³/mol. The molecule has 0 saturated heterocycles. The summed E-state index contributed by atoms with van der Waals surface area (Å²) in [5.41, 5.74) is 0. The smallest absolute Gasteiger partial charge is 0.148 e. The van der Waals surface area contributed by atoms with E-state index in [-0.39, 0.29) is 0 Å². The molecule has 1 rings (SSSR count). The van der Waals surface area contributed by atoms with Crippen molar-refractivity contribution in [3.8, 4) is 0 Å². The lowest BCUT2D eigenvalue weighted by Gasteiger charge is -2.09. The fourth-order valence-corrected chi connectivity index (χ4v) is 1.63. The minimum absolute atomic E-state index is 0.398. The Kier molecular flexibility index (Phi) is 5.05. The van der Waals surface area contributed by atoms with Gasteiger partial charge in [-0.2, -0.15) is 0 Å². The van der Waals surface area contributed by atoms with E-state index < -0.39 is 0 Å². The van der Waals surface area contributed by atoms with Crippen LogP contribution in [0.5, 0.6) is 0 Å². The highest BCUT2D eigenvalue weighted by atomic mass is 35.5. The number of methoxy groups -OCH3 is 1. The Balaban J connectivity index is 2.79. The standard InChI is InChI=1S/C10H18ClN3O/c1-8(2)6-9-12-13-10(7-11)14(9)4-5-15-3/h8H,4-7H2,1-3H3. The highest BCUT2D eigenvalue weighted by Gasteiger charge is 2.11. The number of hydrogen-bond acceptors (Lipinski definition) is 3. The van der Waals surface area contributed by atoms with Crippen molar-refractivity contribution in [1.29, 1.82) is 0 Å². The molecule has 1 aromatic rings. The zero-order valence-corrected chi connectivity index (χ0v) is 10.3. The number of ether oxygens (including phenoxy) is 1. The molecule has 86 valence electrons. The van der Waals surface area contributed by atoms with Gasteiger partial charge in [-0.15, -0.1) is 21.8 Å². The number of halogens is 1. The maximum absolute atomic E-state index is 5.80. The molecule has 0 aliphatic heterocycles. The van der Waals surface area contributed by atoms with E-state index in [1.807, 2.05) is 0 Å². The maximum atomic E-state index is 5.80. The third kappa shape index (κ3) is 3.47. The molecule has 0 N–H and O–H groups in total. The normalized spacial score (nSPS) is 11.3. The Morgan fingerprint density at radius 1 is 1.33 bits per heavy atom. The molecule has 0 radical (unpaired) electrons. The molecule has 4 nitrogen and oxygen atoms in total. The van der Waals surface area contributed by atoms with Crippen LogP contribution < -0.4 is 0 Å². The van der Waals surface area contributed by atoms with Crippen LogP contribution in [-0.4, -0.2) is 28.5 Å². The number of aromatic nitrogens is 3. The Bertz CT molecular complexity index is 299. The summed E-state index contributed by atoms with van der Waals surface area (Å²) < 4.78 is 7.11. The van der Waals surface area contributed by atoms with Gasteiger partial charge in [0.25, 0.3) is 0 Å². The van der Waals surface area contributed by atoms with Crippen LogP contribution in [0.2, 0.25) is 0 Å². The molecule has 0 atom stereocenters. The van der Waals surface area contributed by atoms with Crippen molar-refractivity contribution in [3.05, 3.63) is 11.6 Å². The van der Waals surface area contributed by atoms with Crippen molar-refractivity contribution in [3.63, 3.8) is 0 Å². The van der Waals surface area contributed by atoms with Crippen molar-refractivity contribution in [2.45, 2.75) is 32.7 Å². The van der Waals surface area contributed by atoms with Crippen LogP contribution in [0, 0.1) is 5.92 Å². The van der Waals surface area contributed by atoms with Crippen molar-refractivity contribution in [2.75, 3.05) is 13.7 Å². The molecule has 0 spiro atoms. The molecule has 0 aliphatic rings. The van der Waals surface area contributed by atoms with E-state index in [1.54, 1.807) is 7.11 Å². The van der Waals surface area contributed by atoms with Gasteiger partial charge in [-0.3, -0.25) is 0 Å². The maximum Gasteiger partial charge on any atom is 0.148 e. The molecular weight excluding hydrogens is 214 g/mol. The average molecular weight is 232 g/mol. The summed E-state index contributed by atoms with van der Waals surface area (Å²) in [5, 5.41) is 8.22. The van der Waals surface area contributed by atoms with Gasteiger partial charge in [0, 0.05) is 20.1 Å². The van der Waals surface area contributed by atoms with Crippen molar-refractivity contribution >= 4 is 11.6 Å². The second-order valence-corrected chi connectivity index (χ2v) is 4.18. The summed E-state index contributed by atoms with van der Waals surface area (Å²) in [4.78, 5) is 0. The average Bonchev–Trinajstić information content (AvgIpc) is 2.56. The van der Waals surface area contributed by atoms with E-state index in [1.165, 1.54) is 0 Å². The Morgan fingerprint density at radius 3 is 2.53 bits per heavy atom. The van der Waals surface area contributed by atoms with Gasteiger partial charge in [0.1, 0.15) is 11.6 Å². The van der Waals surface area contributed by atoms with Gasteiger partial charge in [-0.05, 0) is 5.92 Å². The van der Waals surface area contributed by atoms with Crippen LogP contribution in [0.1, 0.15) is 25.5 Å². The largest absolute Gasteiger partial charge is 0.383 e. The lowest BCUT2D eigenvalue weighted by atomic mass is 10.1. The quantitative estimate of drug-likeness (QED) is 0.702. The monoisotopic (exact) mass is 231 g/mol. The number of nitrogens with zero attached hydrogens (tertiary/aromatic N) is 3. The minimum Gasteiger partial charge on any atom is -0.383 e. The van der Waals surface area contributed by atoms with Crippen LogP contribution in [0.15, 0.2) is 0 Å². The van der Waals surface area contributed by atoms with Gasteiger partial charge < -0.3 is 9.30 Å². The highest BCUT2D eigenvalue weighted by Crippen LogP contribution is 2.10. The van der Waals surface area contributed by atoms with Crippen LogP contribution in [0.4, 0.5) is 0 Å². The lowest BCUT2D eigenvalue weighted by Crippen LogP contribution is -2.12. The van der Waals surface area contributed by atoms with Crippen molar-refractivity contribution < 1.29 is 4.74 Å². The molecule has 0 saturated carbocycles. The number of alkyl halides is 1. The van der Waals surface area contributed by atoms with Crippen LogP contribution in [0.3, 0.4) is 0 Å².